The summed E-state index contributed by atoms with van der Waals surface area (Å²) < 4.78 is 0. The van der Waals surface area contributed by atoms with Crippen molar-refractivity contribution in [2.24, 2.45) is 0 Å². The van der Waals surface area contributed by atoms with Crippen molar-refractivity contribution in [3.05, 3.63) is 52.2 Å². The van der Waals surface area contributed by atoms with Crippen LogP contribution >= 0.6 is 11.3 Å². The second kappa shape index (κ2) is 5.83. The summed E-state index contributed by atoms with van der Waals surface area (Å²) in [5, 5.41) is 6.90. The van der Waals surface area contributed by atoms with Crippen LogP contribution in [0.2, 0.25) is 0 Å². The SMILES string of the molecule is CC(C)c1ccc(NC(=O)Cc2ccsc2)cc1. The fraction of sp³-hybridized carbons (Fsp3) is 0.267. The van der Waals surface area contributed by atoms with Gasteiger partial charge in [0.15, 0.2) is 0 Å². The smallest absolute Gasteiger partial charge is 0.228 e. The van der Waals surface area contributed by atoms with E-state index in [1.165, 1.54) is 5.56 Å². The summed E-state index contributed by atoms with van der Waals surface area (Å²) in [4.78, 5) is 11.8. The summed E-state index contributed by atoms with van der Waals surface area (Å²) in [5.41, 5.74) is 3.21. The molecule has 0 saturated heterocycles. The number of nitrogens with one attached hydrogen (secondary N) is 1. The number of rotatable bonds is 4. The average Bonchev–Trinajstić information content (AvgIpc) is 2.82. The molecular formula is C15H17NOS. The molecule has 0 saturated carbocycles. The van der Waals surface area contributed by atoms with E-state index < -0.39 is 0 Å². The molecule has 0 bridgehead atoms. The molecular weight excluding hydrogens is 242 g/mol. The van der Waals surface area contributed by atoms with Gasteiger partial charge >= 0.3 is 0 Å². The Morgan fingerprint density at radius 2 is 1.94 bits per heavy atom. The van der Waals surface area contributed by atoms with Crippen LogP contribution in [0.25, 0.3) is 0 Å². The quantitative estimate of drug-likeness (QED) is 0.881. The van der Waals surface area contributed by atoms with Crippen molar-refractivity contribution in [2.75, 3.05) is 5.32 Å². The normalized spacial score (nSPS) is 10.6. The highest BCUT2D eigenvalue weighted by Crippen LogP contribution is 2.17. The van der Waals surface area contributed by atoms with Gasteiger partial charge in [-0.2, -0.15) is 11.3 Å². The minimum absolute atomic E-state index is 0.0331. The van der Waals surface area contributed by atoms with Crippen molar-refractivity contribution in [3.63, 3.8) is 0 Å². The van der Waals surface area contributed by atoms with E-state index in [1.54, 1.807) is 11.3 Å². The molecule has 0 fully saturated rings. The van der Waals surface area contributed by atoms with E-state index in [9.17, 15) is 4.79 Å². The summed E-state index contributed by atoms with van der Waals surface area (Å²) in [6.07, 6.45) is 0.440. The number of hydrogen-bond acceptors (Lipinski definition) is 2. The monoisotopic (exact) mass is 259 g/mol. The Morgan fingerprint density at radius 1 is 1.22 bits per heavy atom. The maximum atomic E-state index is 11.8. The molecule has 1 aromatic carbocycles. The molecule has 1 heterocycles. The minimum Gasteiger partial charge on any atom is -0.326 e. The zero-order valence-electron chi connectivity index (χ0n) is 10.6. The number of carbonyl (C=O) groups excluding carboxylic acids is 1. The molecule has 0 aliphatic heterocycles. The Hall–Kier alpha value is -1.61. The van der Waals surface area contributed by atoms with Crippen LogP contribution in [0.4, 0.5) is 5.69 Å². The highest BCUT2D eigenvalue weighted by atomic mass is 32.1. The van der Waals surface area contributed by atoms with Crippen LogP contribution < -0.4 is 5.32 Å². The van der Waals surface area contributed by atoms with Gasteiger partial charge in [-0.25, -0.2) is 0 Å². The van der Waals surface area contributed by atoms with Crippen molar-refractivity contribution < 1.29 is 4.79 Å². The molecule has 0 unspecified atom stereocenters. The van der Waals surface area contributed by atoms with Gasteiger partial charge in [-0.05, 0) is 46.0 Å². The number of amides is 1. The van der Waals surface area contributed by atoms with E-state index in [0.29, 0.717) is 12.3 Å². The van der Waals surface area contributed by atoms with Gasteiger partial charge < -0.3 is 5.32 Å². The molecule has 2 aromatic rings. The summed E-state index contributed by atoms with van der Waals surface area (Å²) in [5.74, 6) is 0.547. The molecule has 1 aromatic heterocycles. The number of thiophene rings is 1. The van der Waals surface area contributed by atoms with Crippen molar-refractivity contribution in [2.45, 2.75) is 26.2 Å². The van der Waals surface area contributed by atoms with Crippen molar-refractivity contribution in [3.8, 4) is 0 Å². The first kappa shape index (κ1) is 12.8. The number of anilines is 1. The third kappa shape index (κ3) is 3.44. The molecule has 0 aliphatic rings. The lowest BCUT2D eigenvalue weighted by molar-refractivity contribution is -0.115. The third-order valence-electron chi connectivity index (χ3n) is 2.81. The Kier molecular flexibility index (Phi) is 4.15. The van der Waals surface area contributed by atoms with Crippen LogP contribution in [0.3, 0.4) is 0 Å². The first-order chi connectivity index (χ1) is 8.65. The Labute approximate surface area is 112 Å². The van der Waals surface area contributed by atoms with Crippen LogP contribution in [0.1, 0.15) is 30.9 Å². The Bertz CT molecular complexity index is 500. The molecule has 1 amide bonds. The number of hydrogen-bond donors (Lipinski definition) is 1. The number of carbonyl (C=O) groups is 1. The van der Waals surface area contributed by atoms with E-state index in [-0.39, 0.29) is 5.91 Å². The standard InChI is InChI=1S/C15H17NOS/c1-11(2)13-3-5-14(6-4-13)16-15(17)9-12-7-8-18-10-12/h3-8,10-11H,9H2,1-2H3,(H,16,17). The van der Waals surface area contributed by atoms with E-state index in [1.807, 2.05) is 29.0 Å². The highest BCUT2D eigenvalue weighted by molar-refractivity contribution is 7.08. The van der Waals surface area contributed by atoms with E-state index in [0.717, 1.165) is 11.3 Å². The van der Waals surface area contributed by atoms with Crippen LogP contribution in [0.5, 0.6) is 0 Å². The molecule has 2 rings (SSSR count). The van der Waals surface area contributed by atoms with E-state index >= 15 is 0 Å². The maximum Gasteiger partial charge on any atom is 0.228 e. The maximum absolute atomic E-state index is 11.8. The average molecular weight is 259 g/mol. The largest absolute Gasteiger partial charge is 0.326 e. The summed E-state index contributed by atoms with van der Waals surface area (Å²) in [6.45, 7) is 4.31. The second-order valence-corrected chi connectivity index (χ2v) is 5.41. The number of benzene rings is 1. The zero-order chi connectivity index (χ0) is 13.0. The summed E-state index contributed by atoms with van der Waals surface area (Å²) >= 11 is 1.61. The minimum atomic E-state index is 0.0331. The van der Waals surface area contributed by atoms with Crippen LogP contribution in [-0.2, 0) is 11.2 Å². The second-order valence-electron chi connectivity index (χ2n) is 4.63. The fourth-order valence-corrected chi connectivity index (χ4v) is 2.40. The molecule has 2 nitrogen and oxygen atoms in total. The van der Waals surface area contributed by atoms with Gasteiger partial charge in [0.1, 0.15) is 0 Å². The van der Waals surface area contributed by atoms with Gasteiger partial charge in [-0.1, -0.05) is 26.0 Å². The van der Waals surface area contributed by atoms with Crippen molar-refractivity contribution in [1.82, 2.24) is 0 Å². The molecule has 18 heavy (non-hydrogen) atoms. The Morgan fingerprint density at radius 3 is 2.50 bits per heavy atom. The topological polar surface area (TPSA) is 29.1 Å². The predicted octanol–water partition coefficient (Wildman–Crippen LogP) is 4.05. The van der Waals surface area contributed by atoms with Gasteiger partial charge in [0.05, 0.1) is 6.42 Å². The molecule has 94 valence electrons. The highest BCUT2D eigenvalue weighted by Gasteiger charge is 2.05. The third-order valence-corrected chi connectivity index (χ3v) is 3.54. The van der Waals surface area contributed by atoms with E-state index in [4.69, 9.17) is 0 Å². The molecule has 0 radical (unpaired) electrons. The van der Waals surface area contributed by atoms with Gasteiger partial charge in [-0.3, -0.25) is 4.79 Å². The molecule has 0 aliphatic carbocycles. The zero-order valence-corrected chi connectivity index (χ0v) is 11.5. The Balaban J connectivity index is 1.95. The molecule has 0 atom stereocenters. The van der Waals surface area contributed by atoms with Crippen LogP contribution in [0.15, 0.2) is 41.1 Å². The lowest BCUT2D eigenvalue weighted by atomic mass is 10.0. The first-order valence-corrected chi connectivity index (χ1v) is 7.00. The van der Waals surface area contributed by atoms with E-state index in [2.05, 4.69) is 31.3 Å². The summed E-state index contributed by atoms with van der Waals surface area (Å²) in [6, 6.07) is 10.0. The molecule has 1 N–H and O–H groups in total. The predicted molar refractivity (Wildman–Crippen MR) is 77.2 cm³/mol. The van der Waals surface area contributed by atoms with Crippen molar-refractivity contribution in [1.29, 1.82) is 0 Å². The molecule has 3 heteroatoms. The van der Waals surface area contributed by atoms with Gasteiger partial charge in [0.25, 0.3) is 0 Å². The van der Waals surface area contributed by atoms with Gasteiger partial charge in [-0.15, -0.1) is 0 Å². The fourth-order valence-electron chi connectivity index (χ4n) is 1.74. The van der Waals surface area contributed by atoms with Gasteiger partial charge in [0, 0.05) is 5.69 Å². The first-order valence-electron chi connectivity index (χ1n) is 6.06. The lowest BCUT2D eigenvalue weighted by Crippen LogP contribution is -2.13. The van der Waals surface area contributed by atoms with Crippen LogP contribution in [-0.4, -0.2) is 5.91 Å². The molecule has 0 spiro atoms. The van der Waals surface area contributed by atoms with Gasteiger partial charge in [0.2, 0.25) is 5.91 Å². The van der Waals surface area contributed by atoms with Crippen LogP contribution in [0, 0.1) is 0 Å². The van der Waals surface area contributed by atoms with Crippen molar-refractivity contribution >= 4 is 22.9 Å². The lowest BCUT2D eigenvalue weighted by Gasteiger charge is -2.08. The summed E-state index contributed by atoms with van der Waals surface area (Å²) in [7, 11) is 0.